The fraction of sp³-hybridized carbons (Fsp3) is 0.227. The zero-order valence-electron chi connectivity index (χ0n) is 16.7. The van der Waals surface area contributed by atoms with Gasteiger partial charge in [-0.3, -0.25) is 15.6 Å². The molecule has 0 saturated heterocycles. The maximum absolute atomic E-state index is 12.6. The van der Waals surface area contributed by atoms with Gasteiger partial charge in [0, 0.05) is 21.4 Å². The molecule has 2 N–H and O–H groups in total. The minimum Gasteiger partial charge on any atom is -0.281 e. The Bertz CT molecular complexity index is 1160. The zero-order valence-corrected chi connectivity index (χ0v) is 18.4. The molecule has 1 amide bonds. The molecule has 148 valence electrons. The van der Waals surface area contributed by atoms with Gasteiger partial charge in [0.1, 0.15) is 10.7 Å². The summed E-state index contributed by atoms with van der Waals surface area (Å²) < 4.78 is 0. The highest BCUT2D eigenvalue weighted by Crippen LogP contribution is 2.38. The summed E-state index contributed by atoms with van der Waals surface area (Å²) in [6, 6.07) is 11.8. The minimum atomic E-state index is -0.206. The van der Waals surface area contributed by atoms with Gasteiger partial charge in [-0.15, -0.1) is 22.7 Å². The highest BCUT2D eigenvalue weighted by atomic mass is 32.1. The molecule has 0 bridgehead atoms. The first-order valence-electron chi connectivity index (χ1n) is 9.29. The molecule has 1 aromatic carbocycles. The number of benzene rings is 1. The van der Waals surface area contributed by atoms with Crippen molar-refractivity contribution in [2.45, 2.75) is 33.1 Å². The van der Waals surface area contributed by atoms with E-state index < -0.39 is 0 Å². The van der Waals surface area contributed by atoms with E-state index in [9.17, 15) is 4.79 Å². The first-order chi connectivity index (χ1) is 13.8. The van der Waals surface area contributed by atoms with Crippen molar-refractivity contribution in [1.82, 2.24) is 15.4 Å². The molecule has 0 aliphatic heterocycles. The van der Waals surface area contributed by atoms with Gasteiger partial charge in [0.05, 0.1) is 5.39 Å². The molecule has 0 aliphatic rings. The number of hydrazine groups is 1. The Morgan fingerprint density at radius 3 is 2.45 bits per heavy atom. The van der Waals surface area contributed by atoms with E-state index in [0.29, 0.717) is 17.2 Å². The smallest absolute Gasteiger partial charge is 0.269 e. The summed E-state index contributed by atoms with van der Waals surface area (Å²) in [5.41, 5.74) is 8.71. The number of carbonyl (C=O) groups is 1. The van der Waals surface area contributed by atoms with Crippen molar-refractivity contribution in [3.8, 4) is 10.4 Å². The van der Waals surface area contributed by atoms with Gasteiger partial charge >= 0.3 is 0 Å². The van der Waals surface area contributed by atoms with Crippen LogP contribution in [0.15, 0.2) is 47.2 Å². The predicted molar refractivity (Wildman–Crippen MR) is 122 cm³/mol. The number of nitrogens with zero attached hydrogens (tertiary/aromatic N) is 2. The summed E-state index contributed by atoms with van der Waals surface area (Å²) in [6.07, 6.45) is 0. The number of carbonyl (C=O) groups excluding carboxylic acids is 1. The second-order valence-electron chi connectivity index (χ2n) is 7.83. The highest BCUT2D eigenvalue weighted by molar-refractivity contribution is 7.18. The van der Waals surface area contributed by atoms with Crippen LogP contribution in [-0.2, 0) is 5.41 Å². The van der Waals surface area contributed by atoms with Crippen LogP contribution in [0.2, 0.25) is 0 Å². The van der Waals surface area contributed by atoms with Crippen molar-refractivity contribution < 1.29 is 4.79 Å². The summed E-state index contributed by atoms with van der Waals surface area (Å²) in [5.74, 6) is 1.06. The molecule has 0 radical (unpaired) electrons. The number of amides is 1. The van der Waals surface area contributed by atoms with E-state index in [1.165, 1.54) is 5.56 Å². The van der Waals surface area contributed by atoms with E-state index >= 15 is 0 Å². The third-order valence-corrected chi connectivity index (χ3v) is 6.41. The monoisotopic (exact) mass is 422 g/mol. The van der Waals surface area contributed by atoms with E-state index in [2.05, 4.69) is 53.0 Å². The summed E-state index contributed by atoms with van der Waals surface area (Å²) in [5, 5.41) is 5.05. The lowest BCUT2D eigenvalue weighted by molar-refractivity contribution is 0.0962. The van der Waals surface area contributed by atoms with Crippen LogP contribution in [0, 0.1) is 6.92 Å². The van der Waals surface area contributed by atoms with Gasteiger partial charge in [-0.25, -0.2) is 9.97 Å². The number of rotatable bonds is 4. The average molecular weight is 423 g/mol. The number of aryl methyl sites for hydroxylation is 1. The van der Waals surface area contributed by atoms with Crippen LogP contribution in [0.3, 0.4) is 0 Å². The van der Waals surface area contributed by atoms with Crippen molar-refractivity contribution in [1.29, 1.82) is 0 Å². The maximum atomic E-state index is 12.6. The van der Waals surface area contributed by atoms with Crippen molar-refractivity contribution in [3.63, 3.8) is 0 Å². The van der Waals surface area contributed by atoms with Crippen LogP contribution in [0.5, 0.6) is 0 Å². The largest absolute Gasteiger partial charge is 0.281 e. The van der Waals surface area contributed by atoms with E-state index in [4.69, 9.17) is 0 Å². The quantitative estimate of drug-likeness (QED) is 0.409. The second kappa shape index (κ2) is 7.57. The van der Waals surface area contributed by atoms with Gasteiger partial charge in [0.2, 0.25) is 0 Å². The fourth-order valence-electron chi connectivity index (χ4n) is 3.06. The third kappa shape index (κ3) is 4.02. The zero-order chi connectivity index (χ0) is 20.6. The molecule has 0 spiro atoms. The molecular formula is C22H22N4OS2. The van der Waals surface area contributed by atoms with Crippen molar-refractivity contribution in [2.24, 2.45) is 0 Å². The first-order valence-corrected chi connectivity index (χ1v) is 11.1. The van der Waals surface area contributed by atoms with E-state index in [1.54, 1.807) is 22.7 Å². The SMILES string of the molecule is Cc1nc(NNC(=O)c2ccc(C(C)(C)C)cc2)c2c(-c3cccs3)csc2n1. The number of fused-ring (bicyclic) bond motifs is 1. The average Bonchev–Trinajstić information content (AvgIpc) is 3.34. The lowest BCUT2D eigenvalue weighted by atomic mass is 9.87. The Labute approximate surface area is 177 Å². The Hall–Kier alpha value is -2.77. The summed E-state index contributed by atoms with van der Waals surface area (Å²) in [6.45, 7) is 8.30. The summed E-state index contributed by atoms with van der Waals surface area (Å²) >= 11 is 3.25. The molecule has 4 rings (SSSR count). The number of aromatic nitrogens is 2. The van der Waals surface area contributed by atoms with E-state index in [-0.39, 0.29) is 11.3 Å². The number of anilines is 1. The highest BCUT2D eigenvalue weighted by Gasteiger charge is 2.17. The molecule has 5 nitrogen and oxygen atoms in total. The van der Waals surface area contributed by atoms with Crippen LogP contribution in [-0.4, -0.2) is 15.9 Å². The molecule has 0 fully saturated rings. The number of thiophene rings is 2. The molecule has 0 atom stereocenters. The first kappa shape index (κ1) is 19.5. The van der Waals surface area contributed by atoms with Gasteiger partial charge in [-0.2, -0.15) is 0 Å². The Morgan fingerprint density at radius 1 is 1.03 bits per heavy atom. The lowest BCUT2D eigenvalue weighted by Gasteiger charge is -2.19. The standard InChI is InChI=1S/C22H22N4OS2/c1-13-23-19(18-16(12-29-21(18)24-13)17-6-5-11-28-17)25-26-20(27)14-7-9-15(10-8-14)22(2,3)4/h5-12H,1-4H3,(H,26,27)(H,23,24,25). The van der Waals surface area contributed by atoms with Crippen LogP contribution < -0.4 is 10.9 Å². The molecule has 4 aromatic rings. The van der Waals surface area contributed by atoms with Crippen molar-refractivity contribution in [3.05, 3.63) is 64.1 Å². The Morgan fingerprint density at radius 2 is 1.79 bits per heavy atom. The van der Waals surface area contributed by atoms with Crippen LogP contribution >= 0.6 is 22.7 Å². The topological polar surface area (TPSA) is 66.9 Å². The lowest BCUT2D eigenvalue weighted by Crippen LogP contribution is -2.30. The van der Waals surface area contributed by atoms with Crippen LogP contribution in [0.25, 0.3) is 20.7 Å². The molecule has 3 aromatic heterocycles. The van der Waals surface area contributed by atoms with Crippen molar-refractivity contribution in [2.75, 3.05) is 5.43 Å². The minimum absolute atomic E-state index is 0.0501. The van der Waals surface area contributed by atoms with Gasteiger partial charge in [0.25, 0.3) is 5.91 Å². The Kier molecular flexibility index (Phi) is 5.10. The predicted octanol–water partition coefficient (Wildman–Crippen LogP) is 5.78. The number of nitrogens with one attached hydrogen (secondary N) is 2. The molecule has 0 saturated carbocycles. The fourth-order valence-corrected chi connectivity index (χ4v) is 4.87. The Balaban J connectivity index is 1.59. The second-order valence-corrected chi connectivity index (χ2v) is 9.64. The van der Waals surface area contributed by atoms with E-state index in [0.717, 1.165) is 20.7 Å². The molecule has 29 heavy (non-hydrogen) atoms. The molecule has 3 heterocycles. The molecule has 0 unspecified atom stereocenters. The molecule has 7 heteroatoms. The van der Waals surface area contributed by atoms with Gasteiger partial charge in [0.15, 0.2) is 5.82 Å². The third-order valence-electron chi connectivity index (χ3n) is 4.64. The summed E-state index contributed by atoms with van der Waals surface area (Å²) in [4.78, 5) is 23.8. The number of hydrogen-bond donors (Lipinski definition) is 2. The van der Waals surface area contributed by atoms with Gasteiger partial charge in [-0.05, 0) is 41.5 Å². The molecular weight excluding hydrogens is 400 g/mol. The summed E-state index contributed by atoms with van der Waals surface area (Å²) in [7, 11) is 0. The number of hydrogen-bond acceptors (Lipinski definition) is 6. The van der Waals surface area contributed by atoms with Gasteiger partial charge < -0.3 is 0 Å². The van der Waals surface area contributed by atoms with Gasteiger partial charge in [-0.1, -0.05) is 39.0 Å². The normalized spacial score (nSPS) is 11.6. The van der Waals surface area contributed by atoms with E-state index in [1.807, 2.05) is 42.6 Å². The van der Waals surface area contributed by atoms with Crippen LogP contribution in [0.1, 0.15) is 42.5 Å². The van der Waals surface area contributed by atoms with Crippen LogP contribution in [0.4, 0.5) is 5.82 Å². The molecule has 0 aliphatic carbocycles. The van der Waals surface area contributed by atoms with Crippen molar-refractivity contribution >= 4 is 44.6 Å². The maximum Gasteiger partial charge on any atom is 0.269 e.